The van der Waals surface area contributed by atoms with E-state index in [1.54, 1.807) is 0 Å². The molecule has 406 valence electrons. The smallest absolute Gasteiger partial charge is 0.0713 e. The van der Waals surface area contributed by atoms with Gasteiger partial charge in [-0.05, 0) is 161 Å². The zero-order valence-electron chi connectivity index (χ0n) is 47.7. The molecule has 0 unspecified atom stereocenters. The first-order valence-electron chi connectivity index (χ1n) is 30.1. The lowest BCUT2D eigenvalue weighted by atomic mass is 9.67. The van der Waals surface area contributed by atoms with E-state index in [9.17, 15) is 0 Å². The van der Waals surface area contributed by atoms with Crippen molar-refractivity contribution in [2.75, 3.05) is 0 Å². The Labute approximate surface area is 506 Å². The molecule has 1 aliphatic carbocycles. The van der Waals surface area contributed by atoms with Gasteiger partial charge in [-0.2, -0.15) is 0 Å². The highest BCUT2D eigenvalue weighted by Gasteiger charge is 2.46. The van der Waals surface area contributed by atoms with Crippen molar-refractivity contribution in [2.24, 2.45) is 0 Å². The van der Waals surface area contributed by atoms with Gasteiger partial charge < -0.3 is 9.13 Å². The van der Waals surface area contributed by atoms with Crippen LogP contribution in [0.5, 0.6) is 0 Å². The van der Waals surface area contributed by atoms with Crippen LogP contribution < -0.4 is 0 Å². The summed E-state index contributed by atoms with van der Waals surface area (Å²) in [7, 11) is 0. The molecule has 0 bridgehead atoms. The molecular formula is C85H56N2. The molecule has 0 saturated heterocycles. The molecule has 0 spiro atoms. The van der Waals surface area contributed by atoms with Gasteiger partial charge in [0.05, 0.1) is 33.2 Å². The fourth-order valence-corrected chi connectivity index (χ4v) is 14.4. The summed E-state index contributed by atoms with van der Waals surface area (Å²) < 4.78 is 4.87. The van der Waals surface area contributed by atoms with E-state index in [0.717, 1.165) is 11.4 Å². The van der Waals surface area contributed by atoms with E-state index < -0.39 is 5.41 Å². The van der Waals surface area contributed by atoms with Crippen molar-refractivity contribution in [3.63, 3.8) is 0 Å². The maximum Gasteiger partial charge on any atom is 0.0713 e. The molecule has 2 heteroatoms. The summed E-state index contributed by atoms with van der Waals surface area (Å²) in [5, 5.41) is 4.94. The van der Waals surface area contributed by atoms with Crippen molar-refractivity contribution in [3.8, 4) is 89.3 Å². The van der Waals surface area contributed by atoms with Crippen LogP contribution in [0.1, 0.15) is 22.3 Å². The third-order valence-corrected chi connectivity index (χ3v) is 18.4. The van der Waals surface area contributed by atoms with Crippen LogP contribution in [0.4, 0.5) is 0 Å². The van der Waals surface area contributed by atoms with Gasteiger partial charge in [0.15, 0.2) is 0 Å². The van der Waals surface area contributed by atoms with Crippen LogP contribution in [0.15, 0.2) is 340 Å². The monoisotopic (exact) mass is 1100 g/mol. The summed E-state index contributed by atoms with van der Waals surface area (Å²) in [4.78, 5) is 0. The second-order valence-electron chi connectivity index (χ2n) is 23.1. The summed E-state index contributed by atoms with van der Waals surface area (Å²) in [6, 6.07) is 126. The van der Waals surface area contributed by atoms with Gasteiger partial charge in [0.2, 0.25) is 0 Å². The largest absolute Gasteiger partial charge is 0.309 e. The third kappa shape index (κ3) is 8.17. The number of nitrogens with zero attached hydrogens (tertiary/aromatic N) is 2. The molecule has 2 aromatic heterocycles. The van der Waals surface area contributed by atoms with Crippen LogP contribution >= 0.6 is 0 Å². The second kappa shape index (κ2) is 20.5. The van der Waals surface area contributed by atoms with Crippen molar-refractivity contribution in [2.45, 2.75) is 5.41 Å². The number of aromatic nitrogens is 2. The maximum atomic E-state index is 2.46. The fourth-order valence-electron chi connectivity index (χ4n) is 14.4. The Hall–Kier alpha value is -11.3. The van der Waals surface area contributed by atoms with Crippen LogP contribution in [0, 0.1) is 0 Å². The molecule has 2 heterocycles. The van der Waals surface area contributed by atoms with Gasteiger partial charge in [0.1, 0.15) is 0 Å². The number of hydrogen-bond donors (Lipinski definition) is 0. The van der Waals surface area contributed by atoms with Gasteiger partial charge in [-0.3, -0.25) is 0 Å². The van der Waals surface area contributed by atoms with Gasteiger partial charge in [0, 0.05) is 32.8 Å². The van der Waals surface area contributed by atoms with E-state index in [1.807, 2.05) is 0 Å². The van der Waals surface area contributed by atoms with E-state index in [2.05, 4.69) is 349 Å². The van der Waals surface area contributed by atoms with Gasteiger partial charge in [-0.15, -0.1) is 0 Å². The van der Waals surface area contributed by atoms with E-state index in [1.165, 1.54) is 144 Å². The summed E-state index contributed by atoms with van der Waals surface area (Å²) in [6.07, 6.45) is 0. The van der Waals surface area contributed by atoms with Crippen molar-refractivity contribution < 1.29 is 0 Å². The van der Waals surface area contributed by atoms with E-state index >= 15 is 0 Å². The van der Waals surface area contributed by atoms with Crippen LogP contribution in [-0.4, -0.2) is 9.13 Å². The summed E-state index contributed by atoms with van der Waals surface area (Å²) in [5.74, 6) is 0. The highest BCUT2D eigenvalue weighted by Crippen LogP contribution is 2.57. The number of rotatable bonds is 10. The van der Waals surface area contributed by atoms with Crippen molar-refractivity contribution in [1.29, 1.82) is 0 Å². The summed E-state index contributed by atoms with van der Waals surface area (Å²) >= 11 is 0. The molecule has 0 atom stereocenters. The minimum absolute atomic E-state index is 0.515. The Bertz CT molecular complexity index is 5270. The fraction of sp³-hybridized carbons (Fsp3) is 0.0118. The molecular weight excluding hydrogens is 1050 g/mol. The van der Waals surface area contributed by atoms with Crippen LogP contribution in [-0.2, 0) is 5.41 Å². The summed E-state index contributed by atoms with van der Waals surface area (Å²) in [5.41, 5.74) is 28.6. The van der Waals surface area contributed by atoms with Crippen LogP contribution in [0.2, 0.25) is 0 Å². The molecule has 2 nitrogen and oxygen atoms in total. The van der Waals surface area contributed by atoms with Gasteiger partial charge >= 0.3 is 0 Å². The molecule has 0 saturated carbocycles. The number of para-hydroxylation sites is 3. The average Bonchev–Trinajstić information content (AvgIpc) is 1.64. The Kier molecular flexibility index (Phi) is 11.8. The second-order valence-corrected chi connectivity index (χ2v) is 23.1. The molecule has 1 aliphatic rings. The van der Waals surface area contributed by atoms with Crippen molar-refractivity contribution in [3.05, 3.63) is 362 Å². The molecule has 14 aromatic carbocycles. The van der Waals surface area contributed by atoms with Crippen LogP contribution in [0.25, 0.3) is 133 Å². The molecule has 0 amide bonds. The minimum Gasteiger partial charge on any atom is -0.309 e. The lowest BCUT2D eigenvalue weighted by Crippen LogP contribution is -2.28. The number of fused-ring (bicyclic) bond motifs is 9. The molecule has 16 aromatic rings. The predicted molar refractivity (Wildman–Crippen MR) is 365 cm³/mol. The highest BCUT2D eigenvalue weighted by atomic mass is 15.0. The Morgan fingerprint density at radius 2 is 0.552 bits per heavy atom. The molecule has 0 aliphatic heterocycles. The molecule has 87 heavy (non-hydrogen) atoms. The first kappa shape index (κ1) is 50.2. The normalized spacial score (nSPS) is 12.5. The molecule has 17 rings (SSSR count). The number of hydrogen-bond acceptors (Lipinski definition) is 0. The Morgan fingerprint density at radius 3 is 1.10 bits per heavy atom. The van der Waals surface area contributed by atoms with E-state index in [4.69, 9.17) is 0 Å². The third-order valence-electron chi connectivity index (χ3n) is 18.4. The summed E-state index contributed by atoms with van der Waals surface area (Å²) in [6.45, 7) is 0. The average molecular weight is 1110 g/mol. The van der Waals surface area contributed by atoms with Crippen molar-refractivity contribution >= 4 is 43.6 Å². The lowest BCUT2D eigenvalue weighted by Gasteiger charge is -2.34. The van der Waals surface area contributed by atoms with Gasteiger partial charge in [-0.1, -0.05) is 273 Å². The molecule has 0 N–H and O–H groups in total. The molecule has 0 radical (unpaired) electrons. The van der Waals surface area contributed by atoms with Crippen molar-refractivity contribution in [1.82, 2.24) is 9.13 Å². The SMILES string of the molecule is c1ccc(-c2cccc(-n3c4ccccc4c4cc(-c5ccc6c(c5)c5ccccc5n6-c5ccccc5-c5ccc(-c6ccc(-c7cccc(C8(c9cccc(-c%10ccccc%10)c9)c9ccccc9-c9ccccc98)c7)cc6)cc5)ccc43)c2)cc1. The molecule has 0 fully saturated rings. The lowest BCUT2D eigenvalue weighted by molar-refractivity contribution is 0.769. The van der Waals surface area contributed by atoms with Crippen LogP contribution in [0.3, 0.4) is 0 Å². The highest BCUT2D eigenvalue weighted by molar-refractivity contribution is 6.13. The quantitative estimate of drug-likeness (QED) is 0.129. The topological polar surface area (TPSA) is 9.86 Å². The van der Waals surface area contributed by atoms with Gasteiger partial charge in [-0.25, -0.2) is 0 Å². The zero-order chi connectivity index (χ0) is 57.4. The van der Waals surface area contributed by atoms with E-state index in [0.29, 0.717) is 0 Å². The Balaban J connectivity index is 0.691. The number of benzene rings is 14. The Morgan fingerprint density at radius 1 is 0.195 bits per heavy atom. The minimum atomic E-state index is -0.515. The predicted octanol–water partition coefficient (Wildman–Crippen LogP) is 22.2. The van der Waals surface area contributed by atoms with Gasteiger partial charge in [0.25, 0.3) is 0 Å². The first-order chi connectivity index (χ1) is 43.1. The first-order valence-corrected chi connectivity index (χ1v) is 30.1. The van der Waals surface area contributed by atoms with E-state index in [-0.39, 0.29) is 0 Å². The standard InChI is InChI=1S/C85H56N2/c1-3-20-57(21-4-1)63-24-17-27-68(52-63)85(78-35-12-7-31-72(78)73-32-8-13-36-79(73)85)69-28-18-25-64(53-69)61-42-40-59(41-43-61)60-44-46-62(47-45-60)71-30-9-14-37-80(71)87-82-39-16-11-34-75(82)77-56-67(49-51-84(77)87)66-48-50-83-76(55-66)74-33-10-15-38-81(74)86(83)70-29-19-26-65(54-70)58-22-5-2-6-23-58/h1-56H. The maximum absolute atomic E-state index is 2.46. The zero-order valence-corrected chi connectivity index (χ0v) is 47.7.